The number of nitrogens with zero attached hydrogens (tertiary/aromatic N) is 1. The molecule has 1 heterocycles. The second kappa shape index (κ2) is 5.83. The van der Waals surface area contributed by atoms with Crippen LogP contribution in [-0.2, 0) is 4.79 Å². The van der Waals surface area contributed by atoms with Crippen LogP contribution >= 0.6 is 0 Å². The number of piperazine rings is 1. The smallest absolute Gasteiger partial charge is 0.237 e. The molecule has 0 aromatic heterocycles. The molecule has 4 nitrogen and oxygen atoms in total. The fourth-order valence-corrected chi connectivity index (χ4v) is 2.11. The summed E-state index contributed by atoms with van der Waals surface area (Å²) in [5.41, 5.74) is -0.109. The Morgan fingerprint density at radius 1 is 1.59 bits per heavy atom. The van der Waals surface area contributed by atoms with Crippen molar-refractivity contribution in [3.63, 3.8) is 0 Å². The summed E-state index contributed by atoms with van der Waals surface area (Å²) < 4.78 is 0. The molecule has 0 saturated carbocycles. The van der Waals surface area contributed by atoms with E-state index < -0.39 is 0 Å². The Labute approximate surface area is 105 Å². The maximum Gasteiger partial charge on any atom is 0.237 e. The zero-order chi connectivity index (χ0) is 13.1. The van der Waals surface area contributed by atoms with Gasteiger partial charge in [0, 0.05) is 31.2 Å². The van der Waals surface area contributed by atoms with Crippen LogP contribution in [0.2, 0.25) is 0 Å². The lowest BCUT2D eigenvalue weighted by Gasteiger charge is -2.38. The van der Waals surface area contributed by atoms with Crippen LogP contribution in [0.15, 0.2) is 0 Å². The van der Waals surface area contributed by atoms with Gasteiger partial charge in [-0.25, -0.2) is 0 Å². The van der Waals surface area contributed by atoms with Crippen LogP contribution in [0.3, 0.4) is 0 Å². The maximum absolute atomic E-state index is 12.2. The van der Waals surface area contributed by atoms with Crippen LogP contribution < -0.4 is 10.6 Å². The lowest BCUT2D eigenvalue weighted by Crippen LogP contribution is -2.59. The van der Waals surface area contributed by atoms with Crippen LogP contribution in [0.5, 0.6) is 0 Å². The van der Waals surface area contributed by atoms with E-state index in [4.69, 9.17) is 0 Å². The molecule has 0 aromatic carbocycles. The number of carbonyl (C=O) groups excluding carboxylic acids is 1. The number of carbonyl (C=O) groups is 1. The minimum atomic E-state index is -0.109. The Balaban J connectivity index is 2.56. The van der Waals surface area contributed by atoms with E-state index in [1.165, 1.54) is 0 Å². The molecule has 0 aromatic rings. The molecule has 0 radical (unpaired) electrons. The Hall–Kier alpha value is -0.610. The topological polar surface area (TPSA) is 44.4 Å². The Morgan fingerprint density at radius 2 is 2.24 bits per heavy atom. The van der Waals surface area contributed by atoms with Gasteiger partial charge in [0.05, 0.1) is 6.04 Å². The summed E-state index contributed by atoms with van der Waals surface area (Å²) in [5, 5.41) is 6.47. The third-order valence-electron chi connectivity index (χ3n) is 3.78. The van der Waals surface area contributed by atoms with Gasteiger partial charge in [0.25, 0.3) is 0 Å². The zero-order valence-electron chi connectivity index (χ0n) is 11.8. The second-order valence-electron chi connectivity index (χ2n) is 5.69. The van der Waals surface area contributed by atoms with Crippen molar-refractivity contribution in [2.45, 2.75) is 58.7 Å². The highest BCUT2D eigenvalue weighted by atomic mass is 16.2. The Morgan fingerprint density at radius 3 is 2.76 bits per heavy atom. The quantitative estimate of drug-likeness (QED) is 0.771. The van der Waals surface area contributed by atoms with Crippen LogP contribution in [-0.4, -0.2) is 48.1 Å². The standard InChI is InChI=1S/C13H27N3O/c1-6-13(4,5)15-12(17)11(3)16-8-7-14-9-10(16)2/h10-11,14H,6-9H2,1-5H3,(H,15,17)/t10-,11?/m0/s1. The molecule has 2 N–H and O–H groups in total. The second-order valence-corrected chi connectivity index (χ2v) is 5.69. The van der Waals surface area contributed by atoms with Crippen LogP contribution in [0, 0.1) is 0 Å². The van der Waals surface area contributed by atoms with Gasteiger partial charge in [-0.2, -0.15) is 0 Å². The first-order valence-corrected chi connectivity index (χ1v) is 6.66. The molecule has 1 aliphatic heterocycles. The molecule has 4 heteroatoms. The predicted octanol–water partition coefficient (Wildman–Crippen LogP) is 0.973. The molecule has 1 aliphatic rings. The highest BCUT2D eigenvalue weighted by Crippen LogP contribution is 2.12. The highest BCUT2D eigenvalue weighted by molar-refractivity contribution is 5.82. The summed E-state index contributed by atoms with van der Waals surface area (Å²) in [6.45, 7) is 13.3. The monoisotopic (exact) mass is 241 g/mol. The van der Waals surface area contributed by atoms with E-state index in [1.54, 1.807) is 0 Å². The molecular formula is C13H27N3O. The first-order valence-electron chi connectivity index (χ1n) is 6.66. The maximum atomic E-state index is 12.2. The molecule has 1 fully saturated rings. The fraction of sp³-hybridized carbons (Fsp3) is 0.923. The Kier molecular flexibility index (Phi) is 4.95. The summed E-state index contributed by atoms with van der Waals surface area (Å²) in [5.74, 6) is 0.144. The number of rotatable bonds is 4. The third-order valence-corrected chi connectivity index (χ3v) is 3.78. The number of nitrogens with one attached hydrogen (secondary N) is 2. The van der Waals surface area contributed by atoms with Crippen molar-refractivity contribution in [2.24, 2.45) is 0 Å². The summed E-state index contributed by atoms with van der Waals surface area (Å²) in [7, 11) is 0. The first-order chi connectivity index (χ1) is 7.87. The molecule has 1 unspecified atom stereocenters. The Bertz CT molecular complexity index is 265. The van der Waals surface area contributed by atoms with Gasteiger partial charge in [0.15, 0.2) is 0 Å². The molecule has 1 rings (SSSR count). The van der Waals surface area contributed by atoms with Gasteiger partial charge in [-0.05, 0) is 34.1 Å². The summed E-state index contributed by atoms with van der Waals surface area (Å²) in [6.07, 6.45) is 0.947. The fourth-order valence-electron chi connectivity index (χ4n) is 2.11. The van der Waals surface area contributed by atoms with Gasteiger partial charge in [0.1, 0.15) is 0 Å². The van der Waals surface area contributed by atoms with Crippen molar-refractivity contribution >= 4 is 5.91 Å². The van der Waals surface area contributed by atoms with Gasteiger partial charge in [0.2, 0.25) is 5.91 Å². The van der Waals surface area contributed by atoms with Crippen LogP contribution in [0.4, 0.5) is 0 Å². The molecule has 0 aliphatic carbocycles. The first kappa shape index (κ1) is 14.5. The number of hydrogen-bond donors (Lipinski definition) is 2. The van der Waals surface area contributed by atoms with Crippen molar-refractivity contribution in [3.05, 3.63) is 0 Å². The van der Waals surface area contributed by atoms with E-state index in [0.717, 1.165) is 26.1 Å². The average Bonchev–Trinajstić information content (AvgIpc) is 2.28. The SMILES string of the molecule is CCC(C)(C)NC(=O)C(C)N1CCNC[C@@H]1C. The van der Waals surface area contributed by atoms with Crippen molar-refractivity contribution in [2.75, 3.05) is 19.6 Å². The van der Waals surface area contributed by atoms with Crippen molar-refractivity contribution in [3.8, 4) is 0 Å². The van der Waals surface area contributed by atoms with Crippen molar-refractivity contribution < 1.29 is 4.79 Å². The molecule has 0 bridgehead atoms. The van der Waals surface area contributed by atoms with Gasteiger partial charge in [-0.1, -0.05) is 6.92 Å². The molecule has 100 valence electrons. The highest BCUT2D eigenvalue weighted by Gasteiger charge is 2.29. The van der Waals surface area contributed by atoms with E-state index in [2.05, 4.69) is 43.2 Å². The number of hydrogen-bond acceptors (Lipinski definition) is 3. The molecule has 2 atom stereocenters. The largest absolute Gasteiger partial charge is 0.350 e. The minimum absolute atomic E-state index is 0.0436. The van der Waals surface area contributed by atoms with E-state index in [1.807, 2.05) is 6.92 Å². The molecule has 0 spiro atoms. The van der Waals surface area contributed by atoms with Gasteiger partial charge in [-0.3, -0.25) is 9.69 Å². The molecule has 1 amide bonds. The predicted molar refractivity (Wildman–Crippen MR) is 71.0 cm³/mol. The lowest BCUT2D eigenvalue weighted by molar-refractivity contribution is -0.128. The summed E-state index contributed by atoms with van der Waals surface area (Å²) >= 11 is 0. The van der Waals surface area contributed by atoms with E-state index in [9.17, 15) is 4.79 Å². The van der Waals surface area contributed by atoms with Gasteiger partial charge < -0.3 is 10.6 Å². The molecular weight excluding hydrogens is 214 g/mol. The van der Waals surface area contributed by atoms with E-state index in [-0.39, 0.29) is 17.5 Å². The van der Waals surface area contributed by atoms with Crippen molar-refractivity contribution in [1.29, 1.82) is 0 Å². The third kappa shape index (κ3) is 3.96. The normalized spacial score (nSPS) is 24.4. The average molecular weight is 241 g/mol. The lowest BCUT2D eigenvalue weighted by atomic mass is 10.0. The van der Waals surface area contributed by atoms with E-state index in [0.29, 0.717) is 6.04 Å². The minimum Gasteiger partial charge on any atom is -0.350 e. The van der Waals surface area contributed by atoms with Crippen LogP contribution in [0.25, 0.3) is 0 Å². The van der Waals surface area contributed by atoms with Gasteiger partial charge in [-0.15, -0.1) is 0 Å². The molecule has 17 heavy (non-hydrogen) atoms. The summed E-state index contributed by atoms with van der Waals surface area (Å²) in [4.78, 5) is 14.5. The molecule has 1 saturated heterocycles. The number of amides is 1. The van der Waals surface area contributed by atoms with Crippen LogP contribution in [0.1, 0.15) is 41.0 Å². The van der Waals surface area contributed by atoms with Crippen molar-refractivity contribution in [1.82, 2.24) is 15.5 Å². The van der Waals surface area contributed by atoms with Gasteiger partial charge >= 0.3 is 0 Å². The van der Waals surface area contributed by atoms with E-state index >= 15 is 0 Å². The summed E-state index contributed by atoms with van der Waals surface area (Å²) in [6, 6.07) is 0.382. The zero-order valence-corrected chi connectivity index (χ0v) is 11.8.